The molecule has 2 saturated carbocycles. The SMILES string of the molecule is O=C(NCCCNC(=S)NCC1CCCCC1)N1CCCC2CCCCC21. The maximum atomic E-state index is 12.6. The summed E-state index contributed by atoms with van der Waals surface area (Å²) in [5, 5.41) is 10.5. The van der Waals surface area contributed by atoms with Gasteiger partial charge < -0.3 is 20.9 Å². The van der Waals surface area contributed by atoms with Crippen LogP contribution in [-0.4, -0.2) is 48.3 Å². The van der Waals surface area contributed by atoms with E-state index in [1.807, 2.05) is 0 Å². The number of likely N-dealkylation sites (tertiary alicyclic amines) is 1. The molecule has 3 aliphatic rings. The van der Waals surface area contributed by atoms with Gasteiger partial charge in [0.05, 0.1) is 0 Å². The molecule has 154 valence electrons. The third-order valence-corrected chi connectivity index (χ3v) is 6.98. The van der Waals surface area contributed by atoms with Gasteiger partial charge in [0.25, 0.3) is 0 Å². The van der Waals surface area contributed by atoms with Crippen molar-refractivity contribution >= 4 is 23.4 Å². The Balaban J connectivity index is 1.25. The molecule has 2 atom stereocenters. The van der Waals surface area contributed by atoms with Crippen molar-refractivity contribution in [3.05, 3.63) is 0 Å². The highest BCUT2D eigenvalue weighted by Gasteiger charge is 2.35. The van der Waals surface area contributed by atoms with Crippen molar-refractivity contribution in [3.63, 3.8) is 0 Å². The normalized spacial score (nSPS) is 26.1. The Morgan fingerprint density at radius 2 is 1.56 bits per heavy atom. The van der Waals surface area contributed by atoms with Crippen molar-refractivity contribution in [2.45, 2.75) is 83.1 Å². The minimum absolute atomic E-state index is 0.143. The van der Waals surface area contributed by atoms with Crippen LogP contribution in [0.4, 0.5) is 4.79 Å². The van der Waals surface area contributed by atoms with Crippen molar-refractivity contribution in [2.75, 3.05) is 26.2 Å². The Labute approximate surface area is 170 Å². The number of piperidine rings is 1. The molecular weight excluding hydrogens is 356 g/mol. The molecule has 1 aliphatic heterocycles. The van der Waals surface area contributed by atoms with Gasteiger partial charge in [-0.25, -0.2) is 4.79 Å². The van der Waals surface area contributed by atoms with Gasteiger partial charge in [0.1, 0.15) is 0 Å². The largest absolute Gasteiger partial charge is 0.363 e. The molecule has 3 fully saturated rings. The minimum atomic E-state index is 0.143. The van der Waals surface area contributed by atoms with E-state index >= 15 is 0 Å². The van der Waals surface area contributed by atoms with Crippen LogP contribution >= 0.6 is 12.2 Å². The van der Waals surface area contributed by atoms with E-state index in [-0.39, 0.29) is 6.03 Å². The molecule has 2 unspecified atom stereocenters. The molecule has 2 aliphatic carbocycles. The van der Waals surface area contributed by atoms with Gasteiger partial charge in [0, 0.05) is 32.2 Å². The van der Waals surface area contributed by atoms with Crippen LogP contribution in [0.5, 0.6) is 0 Å². The van der Waals surface area contributed by atoms with Gasteiger partial charge in [0.2, 0.25) is 0 Å². The Bertz CT molecular complexity index is 479. The van der Waals surface area contributed by atoms with E-state index in [1.54, 1.807) is 0 Å². The summed E-state index contributed by atoms with van der Waals surface area (Å²) in [4.78, 5) is 14.7. The molecule has 0 aromatic rings. The van der Waals surface area contributed by atoms with Crippen molar-refractivity contribution in [1.29, 1.82) is 0 Å². The fourth-order valence-corrected chi connectivity index (χ4v) is 5.34. The quantitative estimate of drug-likeness (QED) is 0.474. The molecule has 3 rings (SSSR count). The lowest BCUT2D eigenvalue weighted by atomic mass is 9.78. The highest BCUT2D eigenvalue weighted by atomic mass is 32.1. The van der Waals surface area contributed by atoms with Gasteiger partial charge in [-0.05, 0) is 69.0 Å². The van der Waals surface area contributed by atoms with Crippen LogP contribution in [0.1, 0.15) is 77.0 Å². The zero-order chi connectivity index (χ0) is 18.9. The highest BCUT2D eigenvalue weighted by Crippen LogP contribution is 2.35. The van der Waals surface area contributed by atoms with E-state index in [0.717, 1.165) is 49.4 Å². The van der Waals surface area contributed by atoms with Gasteiger partial charge in [-0.15, -0.1) is 0 Å². The molecule has 0 aromatic heterocycles. The Hall–Kier alpha value is -1.04. The summed E-state index contributed by atoms with van der Waals surface area (Å²) in [6, 6.07) is 0.631. The first-order valence-corrected chi connectivity index (χ1v) is 11.7. The van der Waals surface area contributed by atoms with Gasteiger partial charge in [-0.2, -0.15) is 0 Å². The number of thiocarbonyl (C=S) groups is 1. The first-order chi connectivity index (χ1) is 13.2. The molecule has 0 spiro atoms. The average Bonchev–Trinajstić information content (AvgIpc) is 2.72. The van der Waals surface area contributed by atoms with Crippen LogP contribution in [0.2, 0.25) is 0 Å². The number of hydrogen-bond acceptors (Lipinski definition) is 2. The summed E-state index contributed by atoms with van der Waals surface area (Å²) in [5.41, 5.74) is 0. The second-order valence-electron chi connectivity index (χ2n) is 8.67. The van der Waals surface area contributed by atoms with Crippen molar-refractivity contribution in [2.24, 2.45) is 11.8 Å². The molecule has 3 N–H and O–H groups in total. The Morgan fingerprint density at radius 3 is 2.41 bits per heavy atom. The first-order valence-electron chi connectivity index (χ1n) is 11.3. The lowest BCUT2D eigenvalue weighted by Crippen LogP contribution is -2.53. The van der Waals surface area contributed by atoms with Gasteiger partial charge >= 0.3 is 6.03 Å². The van der Waals surface area contributed by atoms with Crippen LogP contribution in [0.25, 0.3) is 0 Å². The lowest BCUT2D eigenvalue weighted by Gasteiger charge is -2.44. The van der Waals surface area contributed by atoms with Crippen molar-refractivity contribution in [3.8, 4) is 0 Å². The number of carbonyl (C=O) groups excluding carboxylic acids is 1. The van der Waals surface area contributed by atoms with Gasteiger partial charge in [-0.1, -0.05) is 32.1 Å². The number of urea groups is 1. The predicted octanol–water partition coefficient (Wildman–Crippen LogP) is 3.79. The van der Waals surface area contributed by atoms with Crippen LogP contribution in [0, 0.1) is 11.8 Å². The third-order valence-electron chi connectivity index (χ3n) is 6.70. The number of rotatable bonds is 6. The number of nitrogens with one attached hydrogen (secondary N) is 3. The molecule has 0 bridgehead atoms. The molecular formula is C21H38N4OS. The van der Waals surface area contributed by atoms with E-state index in [0.29, 0.717) is 12.6 Å². The summed E-state index contributed by atoms with van der Waals surface area (Å²) in [7, 11) is 0. The monoisotopic (exact) mass is 394 g/mol. The van der Waals surface area contributed by atoms with Crippen molar-refractivity contribution in [1.82, 2.24) is 20.9 Å². The molecule has 1 heterocycles. The first kappa shape index (κ1) is 20.7. The smallest absolute Gasteiger partial charge is 0.317 e. The zero-order valence-corrected chi connectivity index (χ0v) is 17.6. The molecule has 5 nitrogen and oxygen atoms in total. The predicted molar refractivity (Wildman–Crippen MR) is 115 cm³/mol. The van der Waals surface area contributed by atoms with Crippen LogP contribution < -0.4 is 16.0 Å². The molecule has 0 aromatic carbocycles. The molecule has 1 saturated heterocycles. The Kier molecular flexibility index (Phi) is 8.49. The fourth-order valence-electron chi connectivity index (χ4n) is 5.15. The van der Waals surface area contributed by atoms with E-state index in [4.69, 9.17) is 12.2 Å². The van der Waals surface area contributed by atoms with Crippen molar-refractivity contribution < 1.29 is 4.79 Å². The van der Waals surface area contributed by atoms with Crippen LogP contribution in [-0.2, 0) is 0 Å². The maximum absolute atomic E-state index is 12.6. The number of nitrogens with zero attached hydrogens (tertiary/aromatic N) is 1. The summed E-state index contributed by atoms with van der Waals surface area (Å²) >= 11 is 5.37. The second kappa shape index (κ2) is 11.1. The number of fused-ring (bicyclic) bond motifs is 1. The fraction of sp³-hybridized carbons (Fsp3) is 0.905. The maximum Gasteiger partial charge on any atom is 0.317 e. The minimum Gasteiger partial charge on any atom is -0.363 e. The van der Waals surface area contributed by atoms with Gasteiger partial charge in [0.15, 0.2) is 5.11 Å². The topological polar surface area (TPSA) is 56.4 Å². The number of hydrogen-bond donors (Lipinski definition) is 3. The number of carbonyl (C=O) groups is 1. The lowest BCUT2D eigenvalue weighted by molar-refractivity contribution is 0.0843. The van der Waals surface area contributed by atoms with Gasteiger partial charge in [-0.3, -0.25) is 0 Å². The number of amides is 2. The summed E-state index contributed by atoms with van der Waals surface area (Å²) < 4.78 is 0. The molecule has 6 heteroatoms. The molecule has 2 amide bonds. The summed E-state index contributed by atoms with van der Waals surface area (Å²) in [5.74, 6) is 1.53. The standard InChI is InChI=1S/C21H38N4OS/c26-21(25-15-6-11-18-10-4-5-12-19(18)25)23-14-7-13-22-20(27)24-16-17-8-2-1-3-9-17/h17-19H,1-16H2,(H,23,26)(H2,22,24,27). The van der Waals surface area contributed by atoms with E-state index in [1.165, 1.54) is 64.2 Å². The average molecular weight is 395 g/mol. The zero-order valence-electron chi connectivity index (χ0n) is 16.8. The molecule has 0 radical (unpaired) electrons. The van der Waals surface area contributed by atoms with E-state index in [2.05, 4.69) is 20.9 Å². The van der Waals surface area contributed by atoms with E-state index < -0.39 is 0 Å². The molecule has 27 heavy (non-hydrogen) atoms. The van der Waals surface area contributed by atoms with E-state index in [9.17, 15) is 4.79 Å². The van der Waals surface area contributed by atoms with Crippen LogP contribution in [0.15, 0.2) is 0 Å². The summed E-state index contributed by atoms with van der Waals surface area (Å²) in [6.07, 6.45) is 15.3. The second-order valence-corrected chi connectivity index (χ2v) is 9.08. The summed E-state index contributed by atoms with van der Waals surface area (Å²) in [6.45, 7) is 3.45. The van der Waals surface area contributed by atoms with Crippen LogP contribution in [0.3, 0.4) is 0 Å². The Morgan fingerprint density at radius 1 is 0.852 bits per heavy atom. The third kappa shape index (κ3) is 6.51. The highest BCUT2D eigenvalue weighted by molar-refractivity contribution is 7.80.